The Hall–Kier alpha value is -1.05. The average molecular weight is 165 g/mol. The first-order chi connectivity index (χ1) is 5.57. The van der Waals surface area contributed by atoms with E-state index in [9.17, 15) is 0 Å². The van der Waals surface area contributed by atoms with Gasteiger partial charge >= 0.3 is 0 Å². The molecule has 66 valence electrons. The molecule has 0 spiro atoms. The second-order valence-electron chi connectivity index (χ2n) is 3.07. The van der Waals surface area contributed by atoms with Crippen molar-refractivity contribution in [2.24, 2.45) is 0 Å². The highest BCUT2D eigenvalue weighted by atomic mass is 16.5. The van der Waals surface area contributed by atoms with Crippen LogP contribution in [-0.4, -0.2) is 12.1 Å². The Morgan fingerprint density at radius 2 is 1.33 bits per heavy atom. The van der Waals surface area contributed by atoms with Crippen LogP contribution in [0.5, 0.6) is 5.75 Å². The molecule has 2 nitrogen and oxygen atoms in total. The number of ether oxygens (including phenoxy) is 1. The van der Waals surface area contributed by atoms with Crippen molar-refractivity contribution in [3.63, 3.8) is 0 Å². The number of aromatic nitrogens is 1. The van der Waals surface area contributed by atoms with Crippen LogP contribution < -0.4 is 4.74 Å². The minimum atomic E-state index is 0.972. The second kappa shape index (κ2) is 3.13. The van der Waals surface area contributed by atoms with Gasteiger partial charge in [-0.1, -0.05) is 0 Å². The third kappa shape index (κ3) is 1.29. The molecule has 0 aliphatic rings. The highest BCUT2D eigenvalue weighted by Crippen LogP contribution is 2.25. The van der Waals surface area contributed by atoms with Crippen LogP contribution in [0.4, 0.5) is 0 Å². The van der Waals surface area contributed by atoms with Crippen LogP contribution in [0.25, 0.3) is 0 Å². The monoisotopic (exact) mass is 165 g/mol. The predicted octanol–water partition coefficient (Wildman–Crippen LogP) is 2.32. The van der Waals surface area contributed by atoms with Crippen LogP contribution in [0.15, 0.2) is 0 Å². The fraction of sp³-hybridized carbons (Fsp3) is 0.500. The number of rotatable bonds is 1. The molecule has 1 aromatic rings. The molecule has 0 amide bonds. The third-order valence-electron chi connectivity index (χ3n) is 2.31. The maximum absolute atomic E-state index is 5.30. The molecule has 0 fully saturated rings. The number of nitrogens with zero attached hydrogens (tertiary/aromatic N) is 1. The van der Waals surface area contributed by atoms with Gasteiger partial charge in [-0.05, 0) is 27.7 Å². The number of hydrogen-bond donors (Lipinski definition) is 0. The molecule has 1 heterocycles. The summed E-state index contributed by atoms with van der Waals surface area (Å²) in [7, 11) is 1.70. The molecule has 0 radical (unpaired) electrons. The van der Waals surface area contributed by atoms with E-state index < -0.39 is 0 Å². The first kappa shape index (κ1) is 9.04. The molecule has 1 rings (SSSR count). The van der Waals surface area contributed by atoms with Crippen molar-refractivity contribution in [1.29, 1.82) is 0 Å². The Morgan fingerprint density at radius 1 is 0.917 bits per heavy atom. The van der Waals surface area contributed by atoms with E-state index in [-0.39, 0.29) is 0 Å². The van der Waals surface area contributed by atoms with Crippen molar-refractivity contribution >= 4 is 0 Å². The van der Waals surface area contributed by atoms with E-state index in [4.69, 9.17) is 4.74 Å². The fourth-order valence-corrected chi connectivity index (χ4v) is 1.34. The molecule has 2 heteroatoms. The highest BCUT2D eigenvalue weighted by molar-refractivity contribution is 5.43. The Morgan fingerprint density at radius 3 is 1.67 bits per heavy atom. The van der Waals surface area contributed by atoms with Crippen molar-refractivity contribution < 1.29 is 4.74 Å². The summed E-state index contributed by atoms with van der Waals surface area (Å²) in [4.78, 5) is 4.40. The topological polar surface area (TPSA) is 22.1 Å². The summed E-state index contributed by atoms with van der Waals surface area (Å²) in [5, 5.41) is 0. The first-order valence-electron chi connectivity index (χ1n) is 4.06. The van der Waals surface area contributed by atoms with Gasteiger partial charge in [0, 0.05) is 22.5 Å². The summed E-state index contributed by atoms with van der Waals surface area (Å²) < 4.78 is 5.30. The van der Waals surface area contributed by atoms with E-state index in [0.29, 0.717) is 0 Å². The molecule has 0 saturated heterocycles. The zero-order valence-corrected chi connectivity index (χ0v) is 8.36. The van der Waals surface area contributed by atoms with E-state index in [1.165, 1.54) is 0 Å². The van der Waals surface area contributed by atoms with Gasteiger partial charge in [0.15, 0.2) is 0 Å². The number of methoxy groups -OCH3 is 1. The summed E-state index contributed by atoms with van der Waals surface area (Å²) >= 11 is 0. The van der Waals surface area contributed by atoms with Gasteiger partial charge in [-0.25, -0.2) is 0 Å². The summed E-state index contributed by atoms with van der Waals surface area (Å²) in [5.74, 6) is 0.972. The molecule has 1 aromatic heterocycles. The van der Waals surface area contributed by atoms with Crippen LogP contribution >= 0.6 is 0 Å². The second-order valence-corrected chi connectivity index (χ2v) is 3.07. The van der Waals surface area contributed by atoms with Crippen molar-refractivity contribution in [2.75, 3.05) is 7.11 Å². The lowest BCUT2D eigenvalue weighted by Crippen LogP contribution is -1.99. The van der Waals surface area contributed by atoms with Crippen LogP contribution in [-0.2, 0) is 0 Å². The Bertz CT molecular complexity index is 279. The van der Waals surface area contributed by atoms with Crippen LogP contribution in [0.1, 0.15) is 22.5 Å². The minimum absolute atomic E-state index is 0.972. The van der Waals surface area contributed by atoms with Crippen LogP contribution in [0.3, 0.4) is 0 Å². The summed E-state index contributed by atoms with van der Waals surface area (Å²) in [5.41, 5.74) is 4.38. The van der Waals surface area contributed by atoms with Crippen LogP contribution in [0, 0.1) is 27.7 Å². The average Bonchev–Trinajstić information content (AvgIpc) is 2.02. The molecular formula is C10H15NO. The number of aryl methyl sites for hydroxylation is 2. The molecule has 0 aliphatic carbocycles. The van der Waals surface area contributed by atoms with E-state index >= 15 is 0 Å². The first-order valence-corrected chi connectivity index (χ1v) is 4.06. The van der Waals surface area contributed by atoms with Gasteiger partial charge in [0.25, 0.3) is 0 Å². The Kier molecular flexibility index (Phi) is 2.36. The zero-order chi connectivity index (χ0) is 9.30. The molecule has 0 aliphatic heterocycles. The lowest BCUT2D eigenvalue weighted by molar-refractivity contribution is 0.406. The predicted molar refractivity (Wildman–Crippen MR) is 49.7 cm³/mol. The number of hydrogen-bond acceptors (Lipinski definition) is 2. The lowest BCUT2D eigenvalue weighted by Gasteiger charge is -2.12. The highest BCUT2D eigenvalue weighted by Gasteiger charge is 2.08. The quantitative estimate of drug-likeness (QED) is 0.637. The van der Waals surface area contributed by atoms with Crippen molar-refractivity contribution in [3.05, 3.63) is 22.5 Å². The van der Waals surface area contributed by atoms with Crippen LogP contribution in [0.2, 0.25) is 0 Å². The Balaban J connectivity index is 3.42. The molecule has 0 aromatic carbocycles. The largest absolute Gasteiger partial charge is 0.496 e. The number of pyridine rings is 1. The molecule has 0 bridgehead atoms. The molecule has 0 unspecified atom stereocenters. The van der Waals surface area contributed by atoms with Gasteiger partial charge in [0.2, 0.25) is 0 Å². The normalized spacial score (nSPS) is 10.1. The van der Waals surface area contributed by atoms with Crippen molar-refractivity contribution in [2.45, 2.75) is 27.7 Å². The van der Waals surface area contributed by atoms with E-state index in [1.54, 1.807) is 7.11 Å². The summed E-state index contributed by atoms with van der Waals surface area (Å²) in [6.07, 6.45) is 0. The standard InChI is InChI=1S/C10H15NO/c1-6-8(3)11-9(4)7(2)10(6)12-5/h1-5H3. The molecular weight excluding hydrogens is 150 g/mol. The zero-order valence-electron chi connectivity index (χ0n) is 8.36. The summed E-state index contributed by atoms with van der Waals surface area (Å²) in [6.45, 7) is 8.08. The maximum Gasteiger partial charge on any atom is 0.128 e. The van der Waals surface area contributed by atoms with Gasteiger partial charge in [0.05, 0.1) is 7.11 Å². The van der Waals surface area contributed by atoms with Gasteiger partial charge < -0.3 is 4.74 Å². The van der Waals surface area contributed by atoms with Gasteiger partial charge in [-0.15, -0.1) is 0 Å². The molecule has 0 N–H and O–H groups in total. The van der Waals surface area contributed by atoms with Gasteiger partial charge in [-0.2, -0.15) is 0 Å². The third-order valence-corrected chi connectivity index (χ3v) is 2.31. The van der Waals surface area contributed by atoms with Gasteiger partial charge in [-0.3, -0.25) is 4.98 Å². The smallest absolute Gasteiger partial charge is 0.128 e. The molecule has 12 heavy (non-hydrogen) atoms. The van der Waals surface area contributed by atoms with Gasteiger partial charge in [0.1, 0.15) is 5.75 Å². The van der Waals surface area contributed by atoms with E-state index in [0.717, 1.165) is 28.3 Å². The van der Waals surface area contributed by atoms with E-state index in [1.807, 2.05) is 27.7 Å². The fourth-order valence-electron chi connectivity index (χ4n) is 1.34. The van der Waals surface area contributed by atoms with Crippen molar-refractivity contribution in [1.82, 2.24) is 4.98 Å². The minimum Gasteiger partial charge on any atom is -0.496 e. The van der Waals surface area contributed by atoms with E-state index in [2.05, 4.69) is 4.98 Å². The Labute approximate surface area is 73.6 Å². The maximum atomic E-state index is 5.30. The lowest BCUT2D eigenvalue weighted by atomic mass is 10.1. The molecule has 0 saturated carbocycles. The summed E-state index contributed by atoms with van der Waals surface area (Å²) in [6, 6.07) is 0. The molecule has 0 atom stereocenters. The van der Waals surface area contributed by atoms with Crippen molar-refractivity contribution in [3.8, 4) is 5.75 Å². The SMILES string of the molecule is COc1c(C)c(C)nc(C)c1C.